The standard InChI is InChI=1S/C14H25N3OS/c1-4-5-12(8-9-15)6-7-13(18)17-14-16-10(2)11(3)19-14/h12H,4-9,15H2,1-3H3,(H,16,17,18). The van der Waals surface area contributed by atoms with Crippen LogP contribution in [0.4, 0.5) is 5.13 Å². The van der Waals surface area contributed by atoms with Gasteiger partial charge in [0.25, 0.3) is 0 Å². The Labute approximate surface area is 119 Å². The summed E-state index contributed by atoms with van der Waals surface area (Å²) in [7, 11) is 0. The quantitative estimate of drug-likeness (QED) is 0.769. The SMILES string of the molecule is CCCC(CCN)CCC(=O)Nc1nc(C)c(C)s1. The highest BCUT2D eigenvalue weighted by molar-refractivity contribution is 7.15. The minimum absolute atomic E-state index is 0.0619. The Balaban J connectivity index is 2.37. The molecule has 0 fully saturated rings. The van der Waals surface area contributed by atoms with Crippen LogP contribution in [0.5, 0.6) is 0 Å². The van der Waals surface area contributed by atoms with Crippen molar-refractivity contribution in [1.29, 1.82) is 0 Å². The fourth-order valence-corrected chi connectivity index (χ4v) is 2.95. The normalized spacial score (nSPS) is 12.4. The van der Waals surface area contributed by atoms with Crippen molar-refractivity contribution in [2.24, 2.45) is 11.7 Å². The van der Waals surface area contributed by atoms with Gasteiger partial charge in [0.05, 0.1) is 5.69 Å². The van der Waals surface area contributed by atoms with Crippen LogP contribution in [0.25, 0.3) is 0 Å². The van der Waals surface area contributed by atoms with Crippen LogP contribution in [0.1, 0.15) is 49.6 Å². The van der Waals surface area contributed by atoms with Crippen LogP contribution < -0.4 is 11.1 Å². The van der Waals surface area contributed by atoms with Crippen molar-refractivity contribution in [3.63, 3.8) is 0 Å². The van der Waals surface area contributed by atoms with Crippen molar-refractivity contribution in [3.8, 4) is 0 Å². The molecule has 0 bridgehead atoms. The molecule has 0 radical (unpaired) electrons. The molecule has 0 saturated carbocycles. The number of thiazole rings is 1. The van der Waals surface area contributed by atoms with E-state index in [0.29, 0.717) is 24.0 Å². The summed E-state index contributed by atoms with van der Waals surface area (Å²) in [6.07, 6.45) is 4.79. The third kappa shape index (κ3) is 5.70. The van der Waals surface area contributed by atoms with E-state index in [1.807, 2.05) is 13.8 Å². The van der Waals surface area contributed by atoms with E-state index in [4.69, 9.17) is 5.73 Å². The number of nitrogens with two attached hydrogens (primary N) is 1. The fraction of sp³-hybridized carbons (Fsp3) is 0.714. The average Bonchev–Trinajstić information content (AvgIpc) is 2.66. The summed E-state index contributed by atoms with van der Waals surface area (Å²) in [5, 5.41) is 3.59. The number of aromatic nitrogens is 1. The predicted molar refractivity (Wildman–Crippen MR) is 81.5 cm³/mol. The molecule has 0 saturated heterocycles. The van der Waals surface area contributed by atoms with Crippen LogP contribution in [0.15, 0.2) is 0 Å². The van der Waals surface area contributed by atoms with E-state index in [1.54, 1.807) is 0 Å². The predicted octanol–water partition coefficient (Wildman–Crippen LogP) is 3.24. The Kier molecular flexibility index (Phi) is 7.02. The maximum absolute atomic E-state index is 11.9. The van der Waals surface area contributed by atoms with Gasteiger partial charge in [-0.05, 0) is 39.2 Å². The number of carbonyl (C=O) groups is 1. The van der Waals surface area contributed by atoms with Crippen molar-refractivity contribution in [1.82, 2.24) is 4.98 Å². The summed E-state index contributed by atoms with van der Waals surface area (Å²) < 4.78 is 0. The van der Waals surface area contributed by atoms with Crippen LogP contribution in [0, 0.1) is 19.8 Å². The van der Waals surface area contributed by atoms with Crippen molar-refractivity contribution in [2.45, 2.75) is 52.9 Å². The number of hydrogen-bond acceptors (Lipinski definition) is 4. The zero-order chi connectivity index (χ0) is 14.3. The van der Waals surface area contributed by atoms with E-state index in [-0.39, 0.29) is 5.91 Å². The Bertz CT molecular complexity index is 378. The molecule has 1 aromatic heterocycles. The van der Waals surface area contributed by atoms with Gasteiger partial charge in [0.1, 0.15) is 0 Å². The maximum atomic E-state index is 11.9. The molecule has 19 heavy (non-hydrogen) atoms. The highest BCUT2D eigenvalue weighted by Crippen LogP contribution is 2.22. The fourth-order valence-electron chi connectivity index (χ4n) is 2.12. The molecular weight excluding hydrogens is 258 g/mol. The van der Waals surface area contributed by atoms with E-state index in [9.17, 15) is 4.79 Å². The molecule has 1 rings (SSSR count). The smallest absolute Gasteiger partial charge is 0.226 e. The van der Waals surface area contributed by atoms with Gasteiger partial charge in [-0.15, -0.1) is 11.3 Å². The van der Waals surface area contributed by atoms with Crippen molar-refractivity contribution < 1.29 is 4.79 Å². The molecule has 0 aliphatic heterocycles. The molecule has 1 aromatic rings. The molecule has 1 amide bonds. The number of nitrogens with zero attached hydrogens (tertiary/aromatic N) is 1. The molecule has 1 heterocycles. The Morgan fingerprint density at radius 1 is 1.37 bits per heavy atom. The lowest BCUT2D eigenvalue weighted by atomic mass is 9.94. The van der Waals surface area contributed by atoms with E-state index in [2.05, 4.69) is 17.2 Å². The molecule has 0 spiro atoms. The second-order valence-electron chi connectivity index (χ2n) is 4.98. The zero-order valence-electron chi connectivity index (χ0n) is 12.2. The summed E-state index contributed by atoms with van der Waals surface area (Å²) in [5.74, 6) is 0.632. The molecule has 4 nitrogen and oxygen atoms in total. The van der Waals surface area contributed by atoms with Gasteiger partial charge in [-0.25, -0.2) is 4.98 Å². The summed E-state index contributed by atoms with van der Waals surface area (Å²) >= 11 is 1.53. The second-order valence-corrected chi connectivity index (χ2v) is 6.18. The molecule has 1 atom stereocenters. The average molecular weight is 283 g/mol. The lowest BCUT2D eigenvalue weighted by Crippen LogP contribution is -2.15. The number of anilines is 1. The number of nitrogens with one attached hydrogen (secondary N) is 1. The van der Waals surface area contributed by atoms with E-state index in [1.165, 1.54) is 11.3 Å². The minimum Gasteiger partial charge on any atom is -0.330 e. The molecular formula is C14H25N3OS. The van der Waals surface area contributed by atoms with Gasteiger partial charge in [-0.2, -0.15) is 0 Å². The summed E-state index contributed by atoms with van der Waals surface area (Å²) in [5.41, 5.74) is 6.59. The zero-order valence-corrected chi connectivity index (χ0v) is 13.0. The third-order valence-electron chi connectivity index (χ3n) is 3.33. The third-order valence-corrected chi connectivity index (χ3v) is 4.31. The second kappa shape index (κ2) is 8.27. The summed E-state index contributed by atoms with van der Waals surface area (Å²) in [6, 6.07) is 0. The Morgan fingerprint density at radius 3 is 2.63 bits per heavy atom. The highest BCUT2D eigenvalue weighted by Gasteiger charge is 2.12. The Morgan fingerprint density at radius 2 is 2.11 bits per heavy atom. The van der Waals surface area contributed by atoms with Crippen molar-refractivity contribution >= 4 is 22.4 Å². The first-order chi connectivity index (χ1) is 9.06. The van der Waals surface area contributed by atoms with Gasteiger partial charge in [0.15, 0.2) is 5.13 Å². The number of hydrogen-bond donors (Lipinski definition) is 2. The van der Waals surface area contributed by atoms with Crippen LogP contribution in [0.3, 0.4) is 0 Å². The van der Waals surface area contributed by atoms with Crippen molar-refractivity contribution in [2.75, 3.05) is 11.9 Å². The lowest BCUT2D eigenvalue weighted by Gasteiger charge is -2.14. The van der Waals surface area contributed by atoms with Gasteiger partial charge in [-0.1, -0.05) is 19.8 Å². The lowest BCUT2D eigenvalue weighted by molar-refractivity contribution is -0.116. The summed E-state index contributed by atoms with van der Waals surface area (Å²) in [6.45, 7) is 6.85. The van der Waals surface area contributed by atoms with Crippen LogP contribution >= 0.6 is 11.3 Å². The van der Waals surface area contributed by atoms with Crippen LogP contribution in [-0.2, 0) is 4.79 Å². The number of amides is 1. The van der Waals surface area contributed by atoms with Crippen LogP contribution in [-0.4, -0.2) is 17.4 Å². The molecule has 108 valence electrons. The number of rotatable bonds is 8. The Hall–Kier alpha value is -0.940. The molecule has 0 aliphatic rings. The highest BCUT2D eigenvalue weighted by atomic mass is 32.1. The molecule has 3 N–H and O–H groups in total. The maximum Gasteiger partial charge on any atom is 0.226 e. The largest absolute Gasteiger partial charge is 0.330 e. The first-order valence-electron chi connectivity index (χ1n) is 7.00. The topological polar surface area (TPSA) is 68.0 Å². The van der Waals surface area contributed by atoms with Gasteiger partial charge in [0, 0.05) is 11.3 Å². The van der Waals surface area contributed by atoms with Crippen LogP contribution in [0.2, 0.25) is 0 Å². The van der Waals surface area contributed by atoms with Crippen molar-refractivity contribution in [3.05, 3.63) is 10.6 Å². The molecule has 5 heteroatoms. The van der Waals surface area contributed by atoms with E-state index >= 15 is 0 Å². The number of aryl methyl sites for hydroxylation is 2. The first kappa shape index (κ1) is 16.1. The van der Waals surface area contributed by atoms with Gasteiger partial charge >= 0.3 is 0 Å². The molecule has 0 aromatic carbocycles. The van der Waals surface area contributed by atoms with Gasteiger partial charge in [-0.3, -0.25) is 4.79 Å². The molecule has 1 unspecified atom stereocenters. The summed E-state index contributed by atoms with van der Waals surface area (Å²) in [4.78, 5) is 17.3. The first-order valence-corrected chi connectivity index (χ1v) is 7.82. The minimum atomic E-state index is 0.0619. The van der Waals surface area contributed by atoms with E-state index in [0.717, 1.165) is 36.3 Å². The van der Waals surface area contributed by atoms with E-state index < -0.39 is 0 Å². The number of carbonyl (C=O) groups excluding carboxylic acids is 1. The monoisotopic (exact) mass is 283 g/mol. The molecule has 0 aliphatic carbocycles. The van der Waals surface area contributed by atoms with Gasteiger partial charge in [0.2, 0.25) is 5.91 Å². The van der Waals surface area contributed by atoms with Gasteiger partial charge < -0.3 is 11.1 Å².